The Morgan fingerprint density at radius 1 is 1.06 bits per heavy atom. The Hall–Kier alpha value is -2.93. The standard InChI is InChI=1S/C23H18Cl3N3O3/c1-14-10-17(25)6-8-20(14)31-13-18-7-9-21(32-18)23(30)27-22-19(26)12-29(28-22)11-15-2-4-16(24)5-3-15/h2-10,12H,11,13H2,1H3,(H,27,28,30). The SMILES string of the molecule is Cc1cc(Cl)ccc1OCc1ccc(C(=O)Nc2nn(Cc3ccc(Cl)cc3)cc2Cl)o1. The van der Waals surface area contributed by atoms with Crippen LogP contribution in [0.5, 0.6) is 5.75 Å². The molecule has 0 atom stereocenters. The molecule has 0 bridgehead atoms. The van der Waals surface area contributed by atoms with E-state index in [0.717, 1.165) is 11.1 Å². The second-order valence-electron chi connectivity index (χ2n) is 7.07. The van der Waals surface area contributed by atoms with Gasteiger partial charge in [0.05, 0.1) is 6.54 Å². The maximum absolute atomic E-state index is 12.6. The van der Waals surface area contributed by atoms with Crippen LogP contribution >= 0.6 is 34.8 Å². The van der Waals surface area contributed by atoms with E-state index in [2.05, 4.69) is 10.4 Å². The van der Waals surface area contributed by atoms with Crippen LogP contribution in [0.25, 0.3) is 0 Å². The quantitative estimate of drug-likeness (QED) is 0.316. The Kier molecular flexibility index (Phi) is 6.74. The monoisotopic (exact) mass is 489 g/mol. The molecule has 0 aliphatic carbocycles. The summed E-state index contributed by atoms with van der Waals surface area (Å²) in [5.41, 5.74) is 1.91. The first-order valence-corrected chi connectivity index (χ1v) is 10.8. The molecule has 0 aliphatic rings. The molecule has 2 aromatic heterocycles. The number of benzene rings is 2. The van der Waals surface area contributed by atoms with Crippen molar-refractivity contribution in [2.45, 2.75) is 20.1 Å². The maximum Gasteiger partial charge on any atom is 0.292 e. The number of ether oxygens (including phenoxy) is 1. The lowest BCUT2D eigenvalue weighted by molar-refractivity contribution is 0.0992. The number of nitrogens with one attached hydrogen (secondary N) is 1. The van der Waals surface area contributed by atoms with Gasteiger partial charge in [0.25, 0.3) is 5.91 Å². The number of aryl methyl sites for hydroxylation is 1. The van der Waals surface area contributed by atoms with Gasteiger partial charge in [0.15, 0.2) is 11.6 Å². The third kappa shape index (κ3) is 5.46. The predicted octanol–water partition coefficient (Wildman–Crippen LogP) is 6.62. The minimum Gasteiger partial charge on any atom is -0.485 e. The van der Waals surface area contributed by atoms with Crippen molar-refractivity contribution in [3.05, 3.63) is 98.5 Å². The zero-order valence-corrected chi connectivity index (χ0v) is 19.2. The van der Waals surface area contributed by atoms with Crippen LogP contribution in [0.1, 0.15) is 27.4 Å². The first kappa shape index (κ1) is 22.3. The van der Waals surface area contributed by atoms with Crippen molar-refractivity contribution in [3.8, 4) is 5.75 Å². The fourth-order valence-corrected chi connectivity index (χ4v) is 3.56. The van der Waals surface area contributed by atoms with Gasteiger partial charge in [-0.3, -0.25) is 9.48 Å². The molecule has 0 unspecified atom stereocenters. The molecule has 0 radical (unpaired) electrons. The molecule has 32 heavy (non-hydrogen) atoms. The highest BCUT2D eigenvalue weighted by molar-refractivity contribution is 6.33. The molecule has 0 saturated heterocycles. The Morgan fingerprint density at radius 2 is 1.81 bits per heavy atom. The molecule has 0 spiro atoms. The van der Waals surface area contributed by atoms with Crippen LogP contribution in [-0.4, -0.2) is 15.7 Å². The summed E-state index contributed by atoms with van der Waals surface area (Å²) in [7, 11) is 0. The molecular weight excluding hydrogens is 473 g/mol. The van der Waals surface area contributed by atoms with Gasteiger partial charge in [0.1, 0.15) is 23.1 Å². The van der Waals surface area contributed by atoms with Gasteiger partial charge in [-0.05, 0) is 60.5 Å². The van der Waals surface area contributed by atoms with Crippen LogP contribution in [0, 0.1) is 6.92 Å². The van der Waals surface area contributed by atoms with Gasteiger partial charge in [0.2, 0.25) is 0 Å². The van der Waals surface area contributed by atoms with Crippen molar-refractivity contribution < 1.29 is 13.9 Å². The van der Waals surface area contributed by atoms with Crippen molar-refractivity contribution in [1.82, 2.24) is 9.78 Å². The summed E-state index contributed by atoms with van der Waals surface area (Å²) in [6, 6.07) is 16.0. The first-order valence-electron chi connectivity index (χ1n) is 9.64. The average Bonchev–Trinajstić information content (AvgIpc) is 3.36. The zero-order valence-electron chi connectivity index (χ0n) is 16.9. The number of amides is 1. The van der Waals surface area contributed by atoms with E-state index in [1.165, 1.54) is 0 Å². The highest BCUT2D eigenvalue weighted by atomic mass is 35.5. The van der Waals surface area contributed by atoms with Gasteiger partial charge in [0, 0.05) is 16.2 Å². The summed E-state index contributed by atoms with van der Waals surface area (Å²) in [5.74, 6) is 1.10. The molecular formula is C23H18Cl3N3O3. The van der Waals surface area contributed by atoms with Crippen LogP contribution in [-0.2, 0) is 13.2 Å². The van der Waals surface area contributed by atoms with Crippen LogP contribution in [0.4, 0.5) is 5.82 Å². The lowest BCUT2D eigenvalue weighted by atomic mass is 10.2. The lowest BCUT2D eigenvalue weighted by Crippen LogP contribution is -2.12. The number of halogens is 3. The van der Waals surface area contributed by atoms with Gasteiger partial charge in [-0.1, -0.05) is 46.9 Å². The summed E-state index contributed by atoms with van der Waals surface area (Å²) in [6.45, 7) is 2.56. The van der Waals surface area contributed by atoms with E-state index >= 15 is 0 Å². The molecule has 1 N–H and O–H groups in total. The third-order valence-electron chi connectivity index (χ3n) is 4.60. The Labute approximate surface area is 199 Å². The maximum atomic E-state index is 12.6. The molecule has 2 aromatic carbocycles. The second-order valence-corrected chi connectivity index (χ2v) is 8.35. The van der Waals surface area contributed by atoms with Crippen molar-refractivity contribution in [3.63, 3.8) is 0 Å². The van der Waals surface area contributed by atoms with Gasteiger partial charge < -0.3 is 14.5 Å². The van der Waals surface area contributed by atoms with E-state index < -0.39 is 5.91 Å². The topological polar surface area (TPSA) is 69.3 Å². The van der Waals surface area contributed by atoms with Crippen molar-refractivity contribution in [1.29, 1.82) is 0 Å². The highest BCUT2D eigenvalue weighted by Crippen LogP contribution is 2.24. The normalized spacial score (nSPS) is 10.9. The molecule has 4 rings (SSSR count). The number of furan rings is 1. The largest absolute Gasteiger partial charge is 0.485 e. The third-order valence-corrected chi connectivity index (χ3v) is 5.36. The van der Waals surface area contributed by atoms with Crippen LogP contribution in [0.3, 0.4) is 0 Å². The number of aromatic nitrogens is 2. The molecule has 0 aliphatic heterocycles. The number of rotatable bonds is 7. The molecule has 1 amide bonds. The number of carbonyl (C=O) groups excluding carboxylic acids is 1. The van der Waals surface area contributed by atoms with Crippen molar-refractivity contribution >= 4 is 46.5 Å². The van der Waals surface area contributed by atoms with Gasteiger partial charge in [-0.25, -0.2) is 0 Å². The minimum absolute atomic E-state index is 0.125. The lowest BCUT2D eigenvalue weighted by Gasteiger charge is -2.07. The molecule has 6 nitrogen and oxygen atoms in total. The number of hydrogen-bond acceptors (Lipinski definition) is 4. The van der Waals surface area contributed by atoms with Gasteiger partial charge in [-0.15, -0.1) is 0 Å². The first-order chi connectivity index (χ1) is 15.4. The van der Waals surface area contributed by atoms with Crippen molar-refractivity contribution in [2.24, 2.45) is 0 Å². The molecule has 4 aromatic rings. The number of nitrogens with zero attached hydrogens (tertiary/aromatic N) is 2. The Balaban J connectivity index is 1.37. The van der Waals surface area contributed by atoms with E-state index in [1.54, 1.807) is 47.3 Å². The zero-order chi connectivity index (χ0) is 22.7. The highest BCUT2D eigenvalue weighted by Gasteiger charge is 2.16. The Morgan fingerprint density at radius 3 is 2.56 bits per heavy atom. The fraction of sp³-hybridized carbons (Fsp3) is 0.130. The van der Waals surface area contributed by atoms with Gasteiger partial charge in [-0.2, -0.15) is 5.10 Å². The average molecular weight is 491 g/mol. The molecule has 164 valence electrons. The van der Waals surface area contributed by atoms with E-state index in [1.807, 2.05) is 25.1 Å². The van der Waals surface area contributed by atoms with Crippen LogP contribution in [0.2, 0.25) is 15.1 Å². The summed E-state index contributed by atoms with van der Waals surface area (Å²) in [4.78, 5) is 12.6. The predicted molar refractivity (Wildman–Crippen MR) is 125 cm³/mol. The number of hydrogen-bond donors (Lipinski definition) is 1. The number of anilines is 1. The number of carbonyl (C=O) groups is 1. The second kappa shape index (κ2) is 9.69. The van der Waals surface area contributed by atoms with E-state index in [0.29, 0.717) is 33.1 Å². The van der Waals surface area contributed by atoms with E-state index in [9.17, 15) is 4.79 Å². The smallest absolute Gasteiger partial charge is 0.292 e. The molecule has 0 fully saturated rings. The summed E-state index contributed by atoms with van der Waals surface area (Å²) in [6.07, 6.45) is 1.64. The molecule has 9 heteroatoms. The fourth-order valence-electron chi connectivity index (χ4n) is 3.01. The Bertz CT molecular complexity index is 1250. The van der Waals surface area contributed by atoms with Crippen LogP contribution < -0.4 is 10.1 Å². The molecule has 2 heterocycles. The van der Waals surface area contributed by atoms with Gasteiger partial charge >= 0.3 is 0 Å². The summed E-state index contributed by atoms with van der Waals surface area (Å²) < 4.78 is 13.0. The van der Waals surface area contributed by atoms with E-state index in [-0.39, 0.29) is 18.2 Å². The summed E-state index contributed by atoms with van der Waals surface area (Å²) in [5, 5.41) is 8.63. The van der Waals surface area contributed by atoms with Crippen LogP contribution in [0.15, 0.2) is 65.2 Å². The van der Waals surface area contributed by atoms with Crippen molar-refractivity contribution in [2.75, 3.05) is 5.32 Å². The summed E-state index contributed by atoms with van der Waals surface area (Å²) >= 11 is 18.1. The van der Waals surface area contributed by atoms with E-state index in [4.69, 9.17) is 44.0 Å². The minimum atomic E-state index is -0.461. The molecule has 0 saturated carbocycles.